The van der Waals surface area contributed by atoms with Gasteiger partial charge in [0.1, 0.15) is 0 Å². The number of nitrogens with one attached hydrogen (secondary N) is 1. The van der Waals surface area contributed by atoms with Crippen LogP contribution in [-0.2, 0) is 13.0 Å². The highest BCUT2D eigenvalue weighted by atomic mass is 16.1. The number of rotatable bonds is 4. The summed E-state index contributed by atoms with van der Waals surface area (Å²) in [5, 5.41) is 5.25. The van der Waals surface area contributed by atoms with Crippen molar-refractivity contribution in [1.29, 1.82) is 0 Å². The Hall–Kier alpha value is -3.07. The van der Waals surface area contributed by atoms with Gasteiger partial charge in [-0.25, -0.2) is 0 Å². The van der Waals surface area contributed by atoms with Crippen molar-refractivity contribution in [3.63, 3.8) is 0 Å². The molecule has 0 atom stereocenters. The minimum atomic E-state index is -0.0473. The first-order chi connectivity index (χ1) is 12.3. The molecule has 0 spiro atoms. The lowest BCUT2D eigenvalue weighted by Gasteiger charge is -2.08. The number of aryl methyl sites for hydroxylation is 2. The maximum Gasteiger partial charge on any atom is 0.251 e. The molecule has 0 fully saturated rings. The molecule has 3 aromatic carbocycles. The van der Waals surface area contributed by atoms with E-state index in [1.54, 1.807) is 7.05 Å². The molecule has 0 saturated carbocycles. The van der Waals surface area contributed by atoms with Crippen LogP contribution in [0.2, 0.25) is 0 Å². The highest BCUT2D eigenvalue weighted by Crippen LogP contribution is 2.28. The quantitative estimate of drug-likeness (QED) is 0.592. The molecule has 4 rings (SSSR count). The molecule has 25 heavy (non-hydrogen) atoms. The fourth-order valence-electron chi connectivity index (χ4n) is 3.45. The zero-order valence-corrected chi connectivity index (χ0v) is 14.2. The van der Waals surface area contributed by atoms with Crippen molar-refractivity contribution in [1.82, 2.24) is 9.88 Å². The lowest BCUT2D eigenvalue weighted by atomic mass is 10.1. The van der Waals surface area contributed by atoms with Crippen molar-refractivity contribution in [2.45, 2.75) is 13.0 Å². The Kier molecular flexibility index (Phi) is 3.98. The van der Waals surface area contributed by atoms with Crippen LogP contribution in [0.1, 0.15) is 15.9 Å². The molecule has 124 valence electrons. The number of aromatic nitrogens is 1. The Labute approximate surface area is 146 Å². The van der Waals surface area contributed by atoms with Gasteiger partial charge in [-0.15, -0.1) is 0 Å². The molecule has 0 radical (unpaired) electrons. The smallest absolute Gasteiger partial charge is 0.251 e. The minimum Gasteiger partial charge on any atom is -0.355 e. The zero-order chi connectivity index (χ0) is 17.2. The van der Waals surface area contributed by atoms with E-state index < -0.39 is 0 Å². The molecular formula is C22H20N2O. The number of amides is 1. The third kappa shape index (κ3) is 2.78. The first-order valence-electron chi connectivity index (χ1n) is 8.55. The van der Waals surface area contributed by atoms with E-state index in [2.05, 4.69) is 58.4 Å². The number of hydrogen-bond acceptors (Lipinski definition) is 1. The normalized spacial score (nSPS) is 11.1. The van der Waals surface area contributed by atoms with E-state index >= 15 is 0 Å². The van der Waals surface area contributed by atoms with Gasteiger partial charge in [-0.05, 0) is 36.2 Å². The van der Waals surface area contributed by atoms with Crippen LogP contribution < -0.4 is 5.32 Å². The van der Waals surface area contributed by atoms with E-state index in [-0.39, 0.29) is 5.91 Å². The maximum atomic E-state index is 11.6. The Bertz CT molecular complexity index is 991. The van der Waals surface area contributed by atoms with Gasteiger partial charge < -0.3 is 9.88 Å². The van der Waals surface area contributed by atoms with E-state index in [1.165, 1.54) is 27.4 Å². The van der Waals surface area contributed by atoms with Gasteiger partial charge in [-0.3, -0.25) is 4.79 Å². The molecule has 1 aromatic heterocycles. The second kappa shape index (κ2) is 6.44. The molecular weight excluding hydrogens is 308 g/mol. The van der Waals surface area contributed by atoms with Crippen LogP contribution in [0.25, 0.3) is 21.8 Å². The second-order valence-electron chi connectivity index (χ2n) is 6.21. The largest absolute Gasteiger partial charge is 0.355 e. The molecule has 1 amide bonds. The van der Waals surface area contributed by atoms with Crippen molar-refractivity contribution in [3.8, 4) is 0 Å². The van der Waals surface area contributed by atoms with Gasteiger partial charge in [0.2, 0.25) is 0 Å². The number of carbonyl (C=O) groups excluding carboxylic acids is 1. The van der Waals surface area contributed by atoms with E-state index in [0.717, 1.165) is 13.0 Å². The highest BCUT2D eigenvalue weighted by Gasteiger charge is 2.09. The third-order valence-electron chi connectivity index (χ3n) is 4.75. The monoisotopic (exact) mass is 328 g/mol. The number of nitrogens with zero attached hydrogens (tertiary/aromatic N) is 1. The number of carbonyl (C=O) groups is 1. The number of fused-ring (bicyclic) bond motifs is 3. The first kappa shape index (κ1) is 15.5. The summed E-state index contributed by atoms with van der Waals surface area (Å²) in [6, 6.07) is 25.0. The van der Waals surface area contributed by atoms with Crippen LogP contribution in [-0.4, -0.2) is 17.5 Å². The molecule has 3 heteroatoms. The summed E-state index contributed by atoms with van der Waals surface area (Å²) in [4.78, 5) is 11.6. The summed E-state index contributed by atoms with van der Waals surface area (Å²) in [5.74, 6) is -0.0473. The van der Waals surface area contributed by atoms with Gasteiger partial charge in [0, 0.05) is 41.0 Å². The maximum absolute atomic E-state index is 11.6. The van der Waals surface area contributed by atoms with Crippen LogP contribution >= 0.6 is 0 Å². The summed E-state index contributed by atoms with van der Waals surface area (Å²) in [6.45, 7) is 0.910. The summed E-state index contributed by atoms with van der Waals surface area (Å²) in [6.07, 6.45) is 0.927. The van der Waals surface area contributed by atoms with Gasteiger partial charge >= 0.3 is 0 Å². The first-order valence-corrected chi connectivity index (χ1v) is 8.55. The molecule has 1 N–H and O–H groups in total. The molecule has 0 saturated heterocycles. The Balaban J connectivity index is 1.65. The zero-order valence-electron chi connectivity index (χ0n) is 14.2. The average molecular weight is 328 g/mol. The standard InChI is InChI=1S/C22H20N2O/c1-23-22(25)17-12-10-16(11-13-17)14-15-24-20-8-4-2-6-18(20)19-7-3-5-9-21(19)24/h2-13H,14-15H2,1H3,(H,23,25). The molecule has 0 aliphatic carbocycles. The molecule has 0 bridgehead atoms. The minimum absolute atomic E-state index is 0.0473. The molecule has 1 heterocycles. The van der Waals surface area contributed by atoms with Crippen molar-refractivity contribution < 1.29 is 4.79 Å². The molecule has 4 aromatic rings. The van der Waals surface area contributed by atoms with Gasteiger partial charge in [0.05, 0.1) is 0 Å². The highest BCUT2D eigenvalue weighted by molar-refractivity contribution is 6.07. The van der Waals surface area contributed by atoms with Crippen molar-refractivity contribution in [2.24, 2.45) is 0 Å². The van der Waals surface area contributed by atoms with Crippen molar-refractivity contribution in [2.75, 3.05) is 7.05 Å². The van der Waals surface area contributed by atoms with Crippen molar-refractivity contribution >= 4 is 27.7 Å². The van der Waals surface area contributed by atoms with Gasteiger partial charge in [0.25, 0.3) is 5.91 Å². The molecule has 0 unspecified atom stereocenters. The van der Waals surface area contributed by atoms with Crippen LogP contribution in [0.5, 0.6) is 0 Å². The fraction of sp³-hybridized carbons (Fsp3) is 0.136. The van der Waals surface area contributed by atoms with Gasteiger partial charge in [0.15, 0.2) is 0 Å². The van der Waals surface area contributed by atoms with Crippen LogP contribution in [0.15, 0.2) is 72.8 Å². The Morgan fingerprint density at radius 1 is 0.840 bits per heavy atom. The van der Waals surface area contributed by atoms with Crippen LogP contribution in [0.4, 0.5) is 0 Å². The number of benzene rings is 3. The number of hydrogen-bond donors (Lipinski definition) is 1. The van der Waals surface area contributed by atoms with Crippen molar-refractivity contribution in [3.05, 3.63) is 83.9 Å². The van der Waals surface area contributed by atoms with Gasteiger partial charge in [-0.1, -0.05) is 48.5 Å². The third-order valence-corrected chi connectivity index (χ3v) is 4.75. The molecule has 0 aliphatic heterocycles. The average Bonchev–Trinajstić information content (AvgIpc) is 3.00. The number of para-hydroxylation sites is 2. The second-order valence-corrected chi connectivity index (χ2v) is 6.21. The Morgan fingerprint density at radius 3 is 1.96 bits per heavy atom. The lowest BCUT2D eigenvalue weighted by molar-refractivity contribution is 0.0963. The topological polar surface area (TPSA) is 34.0 Å². The van der Waals surface area contributed by atoms with E-state index in [1.807, 2.05) is 24.3 Å². The predicted octanol–water partition coefficient (Wildman–Crippen LogP) is 4.40. The Morgan fingerprint density at radius 2 is 1.40 bits per heavy atom. The summed E-state index contributed by atoms with van der Waals surface area (Å²) < 4.78 is 2.39. The van der Waals surface area contributed by atoms with Crippen LogP contribution in [0.3, 0.4) is 0 Å². The van der Waals surface area contributed by atoms with E-state index in [0.29, 0.717) is 5.56 Å². The van der Waals surface area contributed by atoms with Gasteiger partial charge in [-0.2, -0.15) is 0 Å². The fourth-order valence-corrected chi connectivity index (χ4v) is 3.45. The predicted molar refractivity (Wildman–Crippen MR) is 103 cm³/mol. The summed E-state index contributed by atoms with van der Waals surface area (Å²) in [7, 11) is 1.65. The summed E-state index contributed by atoms with van der Waals surface area (Å²) >= 11 is 0. The van der Waals surface area contributed by atoms with E-state index in [9.17, 15) is 4.79 Å². The van der Waals surface area contributed by atoms with E-state index in [4.69, 9.17) is 0 Å². The molecule has 3 nitrogen and oxygen atoms in total. The molecule has 0 aliphatic rings. The summed E-state index contributed by atoms with van der Waals surface area (Å²) in [5.41, 5.74) is 4.47. The SMILES string of the molecule is CNC(=O)c1ccc(CCn2c3ccccc3c3ccccc32)cc1. The van der Waals surface area contributed by atoms with Crippen LogP contribution in [0, 0.1) is 0 Å². The lowest BCUT2D eigenvalue weighted by Crippen LogP contribution is -2.17.